The summed E-state index contributed by atoms with van der Waals surface area (Å²) in [5, 5.41) is 15.9. The summed E-state index contributed by atoms with van der Waals surface area (Å²) >= 11 is 0. The van der Waals surface area contributed by atoms with Crippen LogP contribution >= 0.6 is 12.4 Å². The molecule has 5 rings (SSSR count). The Hall–Kier alpha value is -2.41. The number of aliphatic hydroxyl groups excluding tert-OH is 1. The van der Waals surface area contributed by atoms with Gasteiger partial charge in [0.1, 0.15) is 0 Å². The first-order valence-electron chi connectivity index (χ1n) is 10.3. The molecule has 2 saturated heterocycles. The number of nitrogens with one attached hydrogen (secondary N) is 2. The number of amides is 2. The fourth-order valence-electron chi connectivity index (χ4n) is 4.74. The van der Waals surface area contributed by atoms with Crippen molar-refractivity contribution in [3.63, 3.8) is 0 Å². The molecule has 0 spiro atoms. The normalized spacial score (nSPS) is 24.4. The first-order chi connectivity index (χ1) is 14.1. The average Bonchev–Trinajstić information content (AvgIpc) is 3.42. The van der Waals surface area contributed by atoms with Crippen molar-refractivity contribution in [2.24, 2.45) is 11.8 Å². The Morgan fingerprint density at radius 1 is 1.13 bits per heavy atom. The number of aliphatic hydroxyl groups is 1. The Morgan fingerprint density at radius 2 is 1.93 bits per heavy atom. The van der Waals surface area contributed by atoms with Crippen LogP contribution < -0.4 is 15.5 Å². The number of halogens is 1. The van der Waals surface area contributed by atoms with Gasteiger partial charge in [-0.05, 0) is 40.8 Å². The van der Waals surface area contributed by atoms with Gasteiger partial charge in [-0.3, -0.25) is 9.59 Å². The summed E-state index contributed by atoms with van der Waals surface area (Å²) in [7, 11) is 0. The van der Waals surface area contributed by atoms with Crippen LogP contribution in [-0.2, 0) is 16.0 Å². The molecule has 0 saturated carbocycles. The number of rotatable bonds is 4. The van der Waals surface area contributed by atoms with Crippen LogP contribution in [0.2, 0.25) is 0 Å². The molecule has 2 aromatic rings. The zero-order valence-corrected chi connectivity index (χ0v) is 17.5. The zero-order valence-electron chi connectivity index (χ0n) is 16.6. The maximum Gasteiger partial charge on any atom is 0.227 e. The maximum absolute atomic E-state index is 12.6. The van der Waals surface area contributed by atoms with Crippen molar-refractivity contribution in [3.05, 3.63) is 53.6 Å². The van der Waals surface area contributed by atoms with E-state index in [2.05, 4.69) is 47.0 Å². The monoisotopic (exact) mass is 427 g/mol. The van der Waals surface area contributed by atoms with Gasteiger partial charge in [0.05, 0.1) is 12.0 Å². The second kappa shape index (κ2) is 8.38. The van der Waals surface area contributed by atoms with Crippen LogP contribution in [0.25, 0.3) is 11.1 Å². The van der Waals surface area contributed by atoms with E-state index in [4.69, 9.17) is 0 Å². The summed E-state index contributed by atoms with van der Waals surface area (Å²) in [6.45, 7) is 2.11. The number of benzene rings is 2. The van der Waals surface area contributed by atoms with Gasteiger partial charge in [0.15, 0.2) is 0 Å². The highest BCUT2D eigenvalue weighted by Gasteiger charge is 2.36. The fourth-order valence-corrected chi connectivity index (χ4v) is 4.74. The SMILES string of the molecule is Cl.O=C(NCC1CNCC1O)C1CC(=O)N(c2ccc3c(c2)Cc2ccccc2-3)C1. The van der Waals surface area contributed by atoms with E-state index in [1.54, 1.807) is 4.90 Å². The van der Waals surface area contributed by atoms with Crippen molar-refractivity contribution in [2.45, 2.75) is 18.9 Å². The van der Waals surface area contributed by atoms with E-state index in [1.165, 1.54) is 22.3 Å². The van der Waals surface area contributed by atoms with Crippen LogP contribution in [0.1, 0.15) is 17.5 Å². The number of nitrogens with zero attached hydrogens (tertiary/aromatic N) is 1. The summed E-state index contributed by atoms with van der Waals surface area (Å²) in [6, 6.07) is 14.6. The molecular formula is C23H26ClN3O3. The Kier molecular flexibility index (Phi) is 5.82. The zero-order chi connectivity index (χ0) is 20.0. The molecule has 30 heavy (non-hydrogen) atoms. The maximum atomic E-state index is 12.6. The van der Waals surface area contributed by atoms with Gasteiger partial charge >= 0.3 is 0 Å². The Morgan fingerprint density at radius 3 is 2.73 bits per heavy atom. The lowest BCUT2D eigenvalue weighted by Gasteiger charge is -2.19. The predicted molar refractivity (Wildman–Crippen MR) is 118 cm³/mol. The van der Waals surface area contributed by atoms with E-state index in [0.29, 0.717) is 26.2 Å². The molecule has 0 bridgehead atoms. The van der Waals surface area contributed by atoms with E-state index in [-0.39, 0.29) is 42.5 Å². The molecule has 7 heteroatoms. The molecular weight excluding hydrogens is 402 g/mol. The lowest BCUT2D eigenvalue weighted by Crippen LogP contribution is -2.38. The van der Waals surface area contributed by atoms with Crippen LogP contribution in [0.4, 0.5) is 5.69 Å². The van der Waals surface area contributed by atoms with Crippen LogP contribution in [0.5, 0.6) is 0 Å². The van der Waals surface area contributed by atoms with Gasteiger partial charge in [0.2, 0.25) is 11.8 Å². The molecule has 0 aromatic heterocycles. The summed E-state index contributed by atoms with van der Waals surface area (Å²) in [5.74, 6) is -0.429. The molecule has 3 atom stereocenters. The average molecular weight is 428 g/mol. The number of β-amino-alcohol motifs (C(OH)–C–C–N with tert-alkyl or cyclic N) is 1. The highest BCUT2D eigenvalue weighted by Crippen LogP contribution is 2.39. The minimum atomic E-state index is -0.424. The molecule has 6 nitrogen and oxygen atoms in total. The molecule has 3 aliphatic rings. The number of hydrogen-bond donors (Lipinski definition) is 3. The van der Waals surface area contributed by atoms with Crippen molar-refractivity contribution in [1.82, 2.24) is 10.6 Å². The Balaban J connectivity index is 0.00000218. The summed E-state index contributed by atoms with van der Waals surface area (Å²) in [5.41, 5.74) is 5.91. The van der Waals surface area contributed by atoms with Crippen molar-refractivity contribution in [1.29, 1.82) is 0 Å². The first kappa shape index (κ1) is 20.8. The highest BCUT2D eigenvalue weighted by atomic mass is 35.5. The van der Waals surface area contributed by atoms with E-state index in [0.717, 1.165) is 12.1 Å². The standard InChI is InChI=1S/C23H25N3O3.ClH/c27-21-12-24-10-17(21)11-25-23(29)16-9-22(28)26(13-16)18-5-6-20-15(8-18)7-14-3-1-2-4-19(14)20;/h1-6,8,16-17,21,24,27H,7,9-13H2,(H,25,29);1H. The summed E-state index contributed by atoms with van der Waals surface area (Å²) in [4.78, 5) is 26.9. The summed E-state index contributed by atoms with van der Waals surface area (Å²) < 4.78 is 0. The van der Waals surface area contributed by atoms with Crippen molar-refractivity contribution < 1.29 is 14.7 Å². The second-order valence-electron chi connectivity index (χ2n) is 8.31. The number of carbonyl (C=O) groups excluding carboxylic acids is 2. The van der Waals surface area contributed by atoms with Crippen LogP contribution in [0, 0.1) is 11.8 Å². The molecule has 3 unspecified atom stereocenters. The van der Waals surface area contributed by atoms with Gasteiger partial charge in [0.25, 0.3) is 0 Å². The fraction of sp³-hybridized carbons (Fsp3) is 0.391. The van der Waals surface area contributed by atoms with Crippen molar-refractivity contribution in [3.8, 4) is 11.1 Å². The highest BCUT2D eigenvalue weighted by molar-refractivity contribution is 6.00. The largest absolute Gasteiger partial charge is 0.391 e. The molecule has 2 heterocycles. The third kappa shape index (κ3) is 3.71. The van der Waals surface area contributed by atoms with Crippen LogP contribution in [-0.4, -0.2) is 49.2 Å². The van der Waals surface area contributed by atoms with Crippen LogP contribution in [0.3, 0.4) is 0 Å². The molecule has 0 radical (unpaired) electrons. The number of carbonyl (C=O) groups is 2. The number of anilines is 1. The lowest BCUT2D eigenvalue weighted by atomic mass is 10.0. The third-order valence-corrected chi connectivity index (χ3v) is 6.43. The van der Waals surface area contributed by atoms with Gasteiger partial charge in [-0.2, -0.15) is 0 Å². The smallest absolute Gasteiger partial charge is 0.227 e. The van der Waals surface area contributed by atoms with Gasteiger partial charge < -0.3 is 20.6 Å². The van der Waals surface area contributed by atoms with E-state index in [1.807, 2.05) is 6.07 Å². The minimum Gasteiger partial charge on any atom is -0.391 e. The predicted octanol–water partition coefficient (Wildman–Crippen LogP) is 1.73. The summed E-state index contributed by atoms with van der Waals surface area (Å²) in [6.07, 6.45) is 0.685. The molecule has 1 aliphatic carbocycles. The molecule has 2 fully saturated rings. The molecule has 3 N–H and O–H groups in total. The molecule has 2 aromatic carbocycles. The van der Waals surface area contributed by atoms with Gasteiger partial charge in [-0.15, -0.1) is 12.4 Å². The van der Waals surface area contributed by atoms with Gasteiger partial charge in [-0.1, -0.05) is 30.3 Å². The first-order valence-corrected chi connectivity index (χ1v) is 10.3. The van der Waals surface area contributed by atoms with E-state index in [9.17, 15) is 14.7 Å². The van der Waals surface area contributed by atoms with Gasteiger partial charge in [0, 0.05) is 44.2 Å². The number of fused-ring (bicyclic) bond motifs is 3. The second-order valence-corrected chi connectivity index (χ2v) is 8.31. The van der Waals surface area contributed by atoms with E-state index >= 15 is 0 Å². The minimum absolute atomic E-state index is 0. The Labute approximate surface area is 182 Å². The number of hydrogen-bond acceptors (Lipinski definition) is 4. The van der Waals surface area contributed by atoms with Gasteiger partial charge in [-0.25, -0.2) is 0 Å². The molecule has 158 valence electrons. The van der Waals surface area contributed by atoms with Crippen molar-refractivity contribution >= 4 is 29.9 Å². The van der Waals surface area contributed by atoms with E-state index < -0.39 is 6.10 Å². The van der Waals surface area contributed by atoms with Crippen molar-refractivity contribution in [2.75, 3.05) is 31.1 Å². The molecule has 2 amide bonds. The van der Waals surface area contributed by atoms with Crippen LogP contribution in [0.15, 0.2) is 42.5 Å². The third-order valence-electron chi connectivity index (χ3n) is 6.43. The topological polar surface area (TPSA) is 81.7 Å². The molecule has 2 aliphatic heterocycles. The Bertz CT molecular complexity index is 980. The quantitative estimate of drug-likeness (QED) is 0.592. The lowest BCUT2D eigenvalue weighted by molar-refractivity contribution is -0.126.